The molecule has 3 rings (SSSR count). The van der Waals surface area contributed by atoms with Crippen LogP contribution in [0.4, 0.5) is 0 Å². The predicted molar refractivity (Wildman–Crippen MR) is 97.5 cm³/mol. The van der Waals surface area contributed by atoms with E-state index in [4.69, 9.17) is 22.3 Å². The molecule has 0 saturated carbocycles. The third kappa shape index (κ3) is 3.44. The Balaban J connectivity index is 2.08. The average molecular weight is 342 g/mol. The quantitative estimate of drug-likeness (QED) is 0.703. The number of imidazole rings is 1. The number of fused-ring (bicyclic) bond motifs is 1. The number of rotatable bonds is 6. The van der Waals surface area contributed by atoms with Gasteiger partial charge in [0.2, 0.25) is 5.91 Å². The van der Waals surface area contributed by atoms with Crippen LogP contribution in [0.1, 0.15) is 47.1 Å². The van der Waals surface area contributed by atoms with Gasteiger partial charge < -0.3 is 10.7 Å². The number of nitrogens with two attached hydrogens (primary N) is 1. The SMILES string of the molecule is CCCCc1nc2c(Cc3ccccc3Cl)cc(C(N)=O)cc2[nH]1. The minimum atomic E-state index is -0.443. The van der Waals surface area contributed by atoms with Gasteiger partial charge in [-0.3, -0.25) is 4.79 Å². The van der Waals surface area contributed by atoms with Gasteiger partial charge in [0.05, 0.1) is 11.0 Å². The molecule has 1 heterocycles. The highest BCUT2D eigenvalue weighted by Gasteiger charge is 2.13. The Hall–Kier alpha value is -2.33. The number of hydrogen-bond donors (Lipinski definition) is 2. The second-order valence-corrected chi connectivity index (χ2v) is 6.36. The Kier molecular flexibility index (Phi) is 4.86. The number of primary amides is 1. The molecule has 4 nitrogen and oxygen atoms in total. The van der Waals surface area contributed by atoms with Gasteiger partial charge in [-0.1, -0.05) is 43.1 Å². The largest absolute Gasteiger partial charge is 0.366 e. The number of H-pyrrole nitrogens is 1. The lowest BCUT2D eigenvalue weighted by Crippen LogP contribution is -2.11. The van der Waals surface area contributed by atoms with Gasteiger partial charge in [0.25, 0.3) is 0 Å². The first-order valence-corrected chi connectivity index (χ1v) is 8.51. The molecule has 3 N–H and O–H groups in total. The number of carbonyl (C=O) groups excluding carboxylic acids is 1. The van der Waals surface area contributed by atoms with E-state index < -0.39 is 5.91 Å². The molecule has 0 saturated heterocycles. The van der Waals surface area contributed by atoms with Gasteiger partial charge in [0.1, 0.15) is 5.82 Å². The Morgan fingerprint density at radius 3 is 2.75 bits per heavy atom. The van der Waals surface area contributed by atoms with Gasteiger partial charge in [-0.15, -0.1) is 0 Å². The number of hydrogen-bond acceptors (Lipinski definition) is 2. The predicted octanol–water partition coefficient (Wildman–Crippen LogP) is 4.25. The van der Waals surface area contributed by atoms with Crippen molar-refractivity contribution in [1.82, 2.24) is 9.97 Å². The van der Waals surface area contributed by atoms with E-state index >= 15 is 0 Å². The highest BCUT2D eigenvalue weighted by molar-refractivity contribution is 6.31. The zero-order chi connectivity index (χ0) is 17.1. The lowest BCUT2D eigenvalue weighted by Gasteiger charge is -2.07. The van der Waals surface area contributed by atoms with Crippen molar-refractivity contribution in [3.63, 3.8) is 0 Å². The van der Waals surface area contributed by atoms with Crippen molar-refractivity contribution >= 4 is 28.5 Å². The molecule has 124 valence electrons. The van der Waals surface area contributed by atoms with Crippen molar-refractivity contribution in [1.29, 1.82) is 0 Å². The fraction of sp³-hybridized carbons (Fsp3) is 0.263. The molecule has 0 radical (unpaired) electrons. The van der Waals surface area contributed by atoms with Crippen LogP contribution in [-0.4, -0.2) is 15.9 Å². The summed E-state index contributed by atoms with van der Waals surface area (Å²) in [4.78, 5) is 19.7. The molecule has 3 aromatic rings. The maximum Gasteiger partial charge on any atom is 0.248 e. The zero-order valence-electron chi connectivity index (χ0n) is 13.6. The zero-order valence-corrected chi connectivity index (χ0v) is 14.4. The molecule has 1 aromatic heterocycles. The minimum Gasteiger partial charge on any atom is -0.366 e. The number of carbonyl (C=O) groups is 1. The molecule has 0 atom stereocenters. The fourth-order valence-corrected chi connectivity index (χ4v) is 3.03. The highest BCUT2D eigenvalue weighted by Crippen LogP contribution is 2.25. The van der Waals surface area contributed by atoms with Gasteiger partial charge in [-0.25, -0.2) is 4.98 Å². The molecule has 24 heavy (non-hydrogen) atoms. The van der Waals surface area contributed by atoms with Crippen molar-refractivity contribution in [3.05, 3.63) is 63.9 Å². The summed E-state index contributed by atoms with van der Waals surface area (Å²) in [6, 6.07) is 11.3. The first-order valence-electron chi connectivity index (χ1n) is 8.13. The van der Waals surface area contributed by atoms with Gasteiger partial charge >= 0.3 is 0 Å². The number of aromatic nitrogens is 2. The first-order chi connectivity index (χ1) is 11.6. The molecule has 0 spiro atoms. The van der Waals surface area contributed by atoms with Gasteiger partial charge in [0, 0.05) is 23.4 Å². The van der Waals surface area contributed by atoms with Crippen LogP contribution in [0.25, 0.3) is 11.0 Å². The van der Waals surface area contributed by atoms with E-state index in [1.54, 1.807) is 6.07 Å². The molecule has 0 fully saturated rings. The van der Waals surface area contributed by atoms with Crippen LogP contribution in [0.15, 0.2) is 36.4 Å². The van der Waals surface area contributed by atoms with E-state index in [0.717, 1.165) is 47.2 Å². The number of unbranched alkanes of at least 4 members (excludes halogenated alkanes) is 1. The summed E-state index contributed by atoms with van der Waals surface area (Å²) in [5.74, 6) is 0.496. The maximum atomic E-state index is 11.7. The highest BCUT2D eigenvalue weighted by atomic mass is 35.5. The summed E-state index contributed by atoms with van der Waals surface area (Å²) in [7, 11) is 0. The number of nitrogens with one attached hydrogen (secondary N) is 1. The van der Waals surface area contributed by atoms with E-state index in [0.29, 0.717) is 17.0 Å². The molecule has 0 aliphatic carbocycles. The van der Waals surface area contributed by atoms with Crippen LogP contribution in [0.2, 0.25) is 5.02 Å². The first kappa shape index (κ1) is 16.5. The number of benzene rings is 2. The topological polar surface area (TPSA) is 71.8 Å². The molecule has 2 aromatic carbocycles. The summed E-state index contributed by atoms with van der Waals surface area (Å²) in [6.07, 6.45) is 3.68. The van der Waals surface area contributed by atoms with Gasteiger partial charge in [-0.05, 0) is 35.7 Å². The number of amides is 1. The fourth-order valence-electron chi connectivity index (χ4n) is 2.83. The Bertz CT molecular complexity index is 885. The summed E-state index contributed by atoms with van der Waals surface area (Å²) in [6.45, 7) is 2.15. The third-order valence-corrected chi connectivity index (χ3v) is 4.47. The lowest BCUT2D eigenvalue weighted by molar-refractivity contribution is 0.100. The summed E-state index contributed by atoms with van der Waals surface area (Å²) < 4.78 is 0. The number of nitrogens with zero attached hydrogens (tertiary/aromatic N) is 1. The monoisotopic (exact) mass is 341 g/mol. The Morgan fingerprint density at radius 2 is 2.04 bits per heavy atom. The van der Waals surface area contributed by atoms with Crippen molar-refractivity contribution in [2.45, 2.75) is 32.6 Å². The maximum absolute atomic E-state index is 11.7. The summed E-state index contributed by atoms with van der Waals surface area (Å²) in [5, 5.41) is 0.705. The average Bonchev–Trinajstić information content (AvgIpc) is 2.98. The summed E-state index contributed by atoms with van der Waals surface area (Å²) >= 11 is 6.28. The van der Waals surface area contributed by atoms with Crippen LogP contribution >= 0.6 is 11.6 Å². The van der Waals surface area contributed by atoms with Crippen LogP contribution in [-0.2, 0) is 12.8 Å². The second-order valence-electron chi connectivity index (χ2n) is 5.95. The molecular formula is C19H20ClN3O. The van der Waals surface area contributed by atoms with Gasteiger partial charge in [-0.2, -0.15) is 0 Å². The summed E-state index contributed by atoms with van der Waals surface area (Å²) in [5.41, 5.74) is 9.65. The van der Waals surface area contributed by atoms with E-state index in [-0.39, 0.29) is 0 Å². The van der Waals surface area contributed by atoms with E-state index in [1.165, 1.54) is 0 Å². The molecular weight excluding hydrogens is 322 g/mol. The van der Waals surface area contributed by atoms with Crippen LogP contribution in [0.3, 0.4) is 0 Å². The molecule has 1 amide bonds. The van der Waals surface area contributed by atoms with E-state index in [2.05, 4.69) is 11.9 Å². The molecule has 0 unspecified atom stereocenters. The van der Waals surface area contributed by atoms with Crippen molar-refractivity contribution in [2.24, 2.45) is 5.73 Å². The number of halogens is 1. The smallest absolute Gasteiger partial charge is 0.248 e. The Morgan fingerprint density at radius 1 is 1.25 bits per heavy atom. The number of aryl methyl sites for hydroxylation is 1. The molecule has 0 aliphatic rings. The van der Waals surface area contributed by atoms with E-state index in [1.807, 2.05) is 30.3 Å². The Labute approximate surface area is 146 Å². The van der Waals surface area contributed by atoms with Crippen molar-refractivity contribution in [3.8, 4) is 0 Å². The normalized spacial score (nSPS) is 11.1. The van der Waals surface area contributed by atoms with Crippen LogP contribution in [0.5, 0.6) is 0 Å². The van der Waals surface area contributed by atoms with Crippen molar-refractivity contribution in [2.75, 3.05) is 0 Å². The molecule has 0 bridgehead atoms. The van der Waals surface area contributed by atoms with Gasteiger partial charge in [0.15, 0.2) is 0 Å². The molecule has 0 aliphatic heterocycles. The molecule has 5 heteroatoms. The standard InChI is InChI=1S/C19H20ClN3O/c1-2-3-8-17-22-16-11-14(19(21)24)10-13(18(16)23-17)9-12-6-4-5-7-15(12)20/h4-7,10-11H,2-3,8-9H2,1H3,(H2,21,24)(H,22,23). The van der Waals surface area contributed by atoms with E-state index in [9.17, 15) is 4.79 Å². The van der Waals surface area contributed by atoms with Crippen LogP contribution < -0.4 is 5.73 Å². The minimum absolute atomic E-state index is 0.443. The second kappa shape index (κ2) is 7.05. The van der Waals surface area contributed by atoms with Crippen LogP contribution in [0, 0.1) is 0 Å². The van der Waals surface area contributed by atoms with Crippen molar-refractivity contribution < 1.29 is 4.79 Å². The third-order valence-electron chi connectivity index (χ3n) is 4.10. The lowest BCUT2D eigenvalue weighted by atomic mass is 10.0. The number of aromatic amines is 1.